The van der Waals surface area contributed by atoms with Crippen LogP contribution in [-0.2, 0) is 22.5 Å². The van der Waals surface area contributed by atoms with Crippen molar-refractivity contribution in [2.24, 2.45) is 0 Å². The molecule has 0 aliphatic carbocycles. The van der Waals surface area contributed by atoms with Gasteiger partial charge in [0, 0.05) is 36.2 Å². The highest BCUT2D eigenvalue weighted by Crippen LogP contribution is 2.29. The van der Waals surface area contributed by atoms with Crippen LogP contribution in [0.3, 0.4) is 0 Å². The number of pyridine rings is 1. The third-order valence-electron chi connectivity index (χ3n) is 5.49. The van der Waals surface area contributed by atoms with Crippen molar-refractivity contribution in [2.45, 2.75) is 19.9 Å². The third kappa shape index (κ3) is 4.36. The zero-order valence-corrected chi connectivity index (χ0v) is 17.7. The topological polar surface area (TPSA) is 80.8 Å². The Labute approximate surface area is 181 Å². The maximum absolute atomic E-state index is 13.1. The van der Waals surface area contributed by atoms with Gasteiger partial charge in [0.1, 0.15) is 5.75 Å². The Morgan fingerprint density at radius 2 is 1.90 bits per heavy atom. The number of likely N-dealkylation sites (N-methyl/N-ethyl adjacent to an activating group) is 1. The van der Waals surface area contributed by atoms with Crippen molar-refractivity contribution < 1.29 is 19.1 Å². The average molecular weight is 419 g/mol. The smallest absolute Gasteiger partial charge is 0.339 e. The van der Waals surface area contributed by atoms with E-state index in [1.807, 2.05) is 30.3 Å². The minimum atomic E-state index is -0.511. The van der Waals surface area contributed by atoms with Gasteiger partial charge in [0.15, 0.2) is 6.61 Å². The minimum Gasteiger partial charge on any atom is -0.495 e. The van der Waals surface area contributed by atoms with E-state index in [9.17, 15) is 9.59 Å². The molecular formula is C24H25N3O4. The van der Waals surface area contributed by atoms with Crippen LogP contribution in [0.5, 0.6) is 5.75 Å². The summed E-state index contributed by atoms with van der Waals surface area (Å²) < 4.78 is 10.7. The first-order valence-electron chi connectivity index (χ1n) is 10.3. The molecule has 7 heteroatoms. The lowest BCUT2D eigenvalue weighted by Crippen LogP contribution is -2.32. The predicted octanol–water partition coefficient (Wildman–Crippen LogP) is 3.42. The number of amides is 1. The van der Waals surface area contributed by atoms with E-state index < -0.39 is 11.9 Å². The second-order valence-electron chi connectivity index (χ2n) is 7.37. The molecule has 0 spiro atoms. The molecule has 3 aromatic rings. The van der Waals surface area contributed by atoms with E-state index in [1.165, 1.54) is 7.11 Å². The second kappa shape index (κ2) is 9.14. The van der Waals surface area contributed by atoms with E-state index in [-0.39, 0.29) is 6.61 Å². The van der Waals surface area contributed by atoms with Crippen LogP contribution in [-0.4, -0.2) is 48.6 Å². The van der Waals surface area contributed by atoms with Gasteiger partial charge in [-0.1, -0.05) is 37.3 Å². The molecule has 1 aliphatic heterocycles. The number of carbonyl (C=O) groups is 2. The summed E-state index contributed by atoms with van der Waals surface area (Å²) in [6.07, 6.45) is 0.780. The lowest BCUT2D eigenvalue weighted by molar-refractivity contribution is -0.119. The van der Waals surface area contributed by atoms with Gasteiger partial charge >= 0.3 is 5.97 Å². The molecule has 160 valence electrons. The molecule has 7 nitrogen and oxygen atoms in total. The number of aromatic nitrogens is 1. The lowest BCUT2D eigenvalue weighted by Gasteiger charge is -2.28. The van der Waals surface area contributed by atoms with Gasteiger partial charge in [0.05, 0.1) is 23.9 Å². The first-order valence-corrected chi connectivity index (χ1v) is 10.3. The van der Waals surface area contributed by atoms with Gasteiger partial charge in [-0.3, -0.25) is 14.7 Å². The number of fused-ring (bicyclic) bond motifs is 2. The minimum absolute atomic E-state index is 0.389. The Hall–Kier alpha value is -3.45. The number of benzene rings is 2. The Bertz CT molecular complexity index is 1130. The number of methoxy groups -OCH3 is 1. The highest BCUT2D eigenvalue weighted by molar-refractivity contribution is 6.06. The molecule has 31 heavy (non-hydrogen) atoms. The summed E-state index contributed by atoms with van der Waals surface area (Å²) in [6.45, 7) is 4.15. The fraction of sp³-hybridized carbons (Fsp3) is 0.292. The largest absolute Gasteiger partial charge is 0.495 e. The van der Waals surface area contributed by atoms with Crippen LogP contribution in [0, 0.1) is 0 Å². The Kier molecular flexibility index (Phi) is 6.13. The van der Waals surface area contributed by atoms with E-state index in [0.29, 0.717) is 23.5 Å². The molecule has 0 atom stereocenters. The van der Waals surface area contributed by atoms with Crippen molar-refractivity contribution >= 4 is 28.5 Å². The Morgan fingerprint density at radius 1 is 1.13 bits per heavy atom. The summed E-state index contributed by atoms with van der Waals surface area (Å²) >= 11 is 0. The summed E-state index contributed by atoms with van der Waals surface area (Å²) in [5, 5.41) is 3.47. The van der Waals surface area contributed by atoms with Gasteiger partial charge < -0.3 is 14.8 Å². The molecule has 1 aromatic heterocycles. The average Bonchev–Trinajstić information content (AvgIpc) is 2.81. The highest BCUT2D eigenvalue weighted by Gasteiger charge is 2.26. The number of nitrogens with zero attached hydrogens (tertiary/aromatic N) is 2. The lowest BCUT2D eigenvalue weighted by atomic mass is 9.96. The molecule has 1 N–H and O–H groups in total. The Morgan fingerprint density at radius 3 is 2.71 bits per heavy atom. The number of hydrogen-bond acceptors (Lipinski definition) is 6. The monoisotopic (exact) mass is 419 g/mol. The van der Waals surface area contributed by atoms with E-state index in [0.717, 1.165) is 41.7 Å². The van der Waals surface area contributed by atoms with Crippen LogP contribution in [0.4, 0.5) is 5.69 Å². The number of para-hydroxylation sites is 3. The fourth-order valence-electron chi connectivity index (χ4n) is 3.89. The molecule has 0 bridgehead atoms. The highest BCUT2D eigenvalue weighted by atomic mass is 16.5. The molecule has 2 heterocycles. The molecule has 0 saturated heterocycles. The molecule has 1 aliphatic rings. The van der Waals surface area contributed by atoms with Crippen LogP contribution in [0.1, 0.15) is 28.5 Å². The molecule has 1 amide bonds. The van der Waals surface area contributed by atoms with Crippen LogP contribution < -0.4 is 10.1 Å². The van der Waals surface area contributed by atoms with Crippen LogP contribution in [0.25, 0.3) is 10.9 Å². The molecule has 0 saturated carbocycles. The van der Waals surface area contributed by atoms with E-state index in [2.05, 4.69) is 17.1 Å². The summed E-state index contributed by atoms with van der Waals surface area (Å²) in [5.74, 6) is -0.403. The summed E-state index contributed by atoms with van der Waals surface area (Å²) in [5.41, 5.74) is 3.60. The molecule has 4 rings (SSSR count). The second-order valence-corrected chi connectivity index (χ2v) is 7.37. The Balaban J connectivity index is 1.57. The number of anilines is 1. The van der Waals surface area contributed by atoms with Crippen LogP contribution in [0.15, 0.2) is 48.5 Å². The number of rotatable bonds is 6. The van der Waals surface area contributed by atoms with Crippen molar-refractivity contribution in [1.29, 1.82) is 0 Å². The molecular weight excluding hydrogens is 394 g/mol. The van der Waals surface area contributed by atoms with Crippen molar-refractivity contribution in [3.8, 4) is 5.75 Å². The number of nitrogens with one attached hydrogen (secondary N) is 1. The predicted molar refractivity (Wildman–Crippen MR) is 118 cm³/mol. The number of esters is 1. The van der Waals surface area contributed by atoms with Gasteiger partial charge in [-0.2, -0.15) is 0 Å². The number of carbonyl (C=O) groups excluding carboxylic acids is 2. The number of ether oxygens (including phenoxy) is 2. The number of hydrogen-bond donors (Lipinski definition) is 1. The summed E-state index contributed by atoms with van der Waals surface area (Å²) in [6, 6.07) is 14.6. The van der Waals surface area contributed by atoms with E-state index in [4.69, 9.17) is 14.5 Å². The SMILES string of the molecule is CCN1CCc2nc3ccccc3c(C(=O)OCC(=O)Nc3ccccc3OC)c2C1. The first kappa shape index (κ1) is 20.8. The van der Waals surface area contributed by atoms with Gasteiger partial charge in [0.25, 0.3) is 5.91 Å². The van der Waals surface area contributed by atoms with Crippen molar-refractivity contribution in [1.82, 2.24) is 9.88 Å². The fourth-order valence-corrected chi connectivity index (χ4v) is 3.89. The molecule has 2 aromatic carbocycles. The van der Waals surface area contributed by atoms with Crippen molar-refractivity contribution in [3.05, 3.63) is 65.4 Å². The van der Waals surface area contributed by atoms with E-state index in [1.54, 1.807) is 18.2 Å². The standard InChI is InChI=1S/C24H25N3O4/c1-3-27-13-12-19-17(14-27)23(16-8-4-5-9-18(16)25-19)24(29)31-15-22(28)26-20-10-6-7-11-21(20)30-2/h4-11H,3,12-15H2,1-2H3,(H,26,28). The van der Waals surface area contributed by atoms with Crippen molar-refractivity contribution in [2.75, 3.05) is 32.1 Å². The zero-order chi connectivity index (χ0) is 21.8. The maximum Gasteiger partial charge on any atom is 0.339 e. The van der Waals surface area contributed by atoms with Crippen LogP contribution in [0.2, 0.25) is 0 Å². The third-order valence-corrected chi connectivity index (χ3v) is 5.49. The van der Waals surface area contributed by atoms with Crippen molar-refractivity contribution in [3.63, 3.8) is 0 Å². The molecule has 0 fully saturated rings. The quantitative estimate of drug-likeness (QED) is 0.617. The normalized spacial score (nSPS) is 13.5. The van der Waals surface area contributed by atoms with Gasteiger partial charge in [-0.25, -0.2) is 4.79 Å². The molecule has 0 unspecified atom stereocenters. The maximum atomic E-state index is 13.1. The molecule has 0 radical (unpaired) electrons. The zero-order valence-electron chi connectivity index (χ0n) is 17.7. The van der Waals surface area contributed by atoms with Gasteiger partial charge in [0.2, 0.25) is 0 Å². The van der Waals surface area contributed by atoms with E-state index >= 15 is 0 Å². The van der Waals surface area contributed by atoms with Gasteiger partial charge in [-0.05, 0) is 24.7 Å². The summed E-state index contributed by atoms with van der Waals surface area (Å²) in [4.78, 5) is 32.6. The first-order chi connectivity index (χ1) is 15.1. The van der Waals surface area contributed by atoms with Gasteiger partial charge in [-0.15, -0.1) is 0 Å². The van der Waals surface area contributed by atoms with Crippen LogP contribution >= 0.6 is 0 Å². The summed E-state index contributed by atoms with van der Waals surface area (Å²) in [7, 11) is 1.53.